The summed E-state index contributed by atoms with van der Waals surface area (Å²) in [7, 11) is 0. The summed E-state index contributed by atoms with van der Waals surface area (Å²) >= 11 is 0. The highest BCUT2D eigenvalue weighted by Crippen LogP contribution is 2.23. The fourth-order valence-electron chi connectivity index (χ4n) is 1.93. The van der Waals surface area contributed by atoms with Crippen LogP contribution in [0, 0.1) is 0 Å². The SMILES string of the molecule is CC(=O)N[C@@H]1[C@@H](O[C@@H](C)C(=O)O)[C@H](O)[C@H](CO)O[C@@H]1O. The molecule has 1 aliphatic rings. The number of ether oxygens (including phenoxy) is 2. The second kappa shape index (κ2) is 6.95. The van der Waals surface area contributed by atoms with Crippen LogP contribution in [-0.2, 0) is 19.1 Å². The zero-order valence-electron chi connectivity index (χ0n) is 11.1. The molecule has 0 aromatic carbocycles. The number of hydrogen-bond donors (Lipinski definition) is 5. The van der Waals surface area contributed by atoms with Crippen LogP contribution in [0.5, 0.6) is 0 Å². The van der Waals surface area contributed by atoms with Gasteiger partial charge in [-0.05, 0) is 6.92 Å². The molecule has 0 unspecified atom stereocenters. The average molecular weight is 293 g/mol. The van der Waals surface area contributed by atoms with E-state index in [-0.39, 0.29) is 0 Å². The first-order chi connectivity index (χ1) is 9.27. The molecule has 0 aliphatic carbocycles. The van der Waals surface area contributed by atoms with Crippen LogP contribution in [-0.4, -0.2) is 75.7 Å². The highest BCUT2D eigenvalue weighted by Gasteiger charge is 2.46. The summed E-state index contributed by atoms with van der Waals surface area (Å²) in [6.45, 7) is 1.84. The van der Waals surface area contributed by atoms with Crippen LogP contribution in [0.15, 0.2) is 0 Å². The number of hydrogen-bond acceptors (Lipinski definition) is 7. The van der Waals surface area contributed by atoms with E-state index < -0.39 is 55.2 Å². The van der Waals surface area contributed by atoms with E-state index in [1.54, 1.807) is 0 Å². The van der Waals surface area contributed by atoms with Gasteiger partial charge in [0.1, 0.15) is 24.4 Å². The van der Waals surface area contributed by atoms with Gasteiger partial charge >= 0.3 is 5.97 Å². The van der Waals surface area contributed by atoms with Gasteiger partial charge in [-0.25, -0.2) is 4.79 Å². The lowest BCUT2D eigenvalue weighted by atomic mass is 9.96. The van der Waals surface area contributed by atoms with E-state index in [2.05, 4.69) is 5.32 Å². The Morgan fingerprint density at radius 2 is 2.00 bits per heavy atom. The quantitative estimate of drug-likeness (QED) is 0.371. The molecule has 20 heavy (non-hydrogen) atoms. The number of aliphatic hydroxyl groups excluding tert-OH is 3. The van der Waals surface area contributed by atoms with Gasteiger partial charge in [-0.3, -0.25) is 4.79 Å². The molecule has 1 fully saturated rings. The van der Waals surface area contributed by atoms with Crippen molar-refractivity contribution in [2.45, 2.75) is 50.6 Å². The number of carbonyl (C=O) groups is 2. The van der Waals surface area contributed by atoms with Gasteiger partial charge in [-0.1, -0.05) is 0 Å². The molecule has 5 N–H and O–H groups in total. The molecule has 1 saturated heterocycles. The predicted octanol–water partition coefficient (Wildman–Crippen LogP) is -2.58. The van der Waals surface area contributed by atoms with Crippen LogP contribution in [0.1, 0.15) is 13.8 Å². The van der Waals surface area contributed by atoms with Gasteiger partial charge < -0.3 is 35.2 Å². The summed E-state index contributed by atoms with van der Waals surface area (Å²) in [6.07, 6.45) is -6.57. The Kier molecular flexibility index (Phi) is 5.84. The van der Waals surface area contributed by atoms with E-state index in [0.29, 0.717) is 0 Å². The number of aliphatic hydroxyl groups is 3. The van der Waals surface area contributed by atoms with Crippen LogP contribution in [0.3, 0.4) is 0 Å². The van der Waals surface area contributed by atoms with Crippen LogP contribution in [0.4, 0.5) is 0 Å². The maximum atomic E-state index is 11.1. The molecule has 1 heterocycles. The zero-order valence-corrected chi connectivity index (χ0v) is 11.1. The standard InChI is InChI=1S/C11H19NO8/c1-4(10(16)17)19-9-7(12-5(2)14)11(18)20-6(3-13)8(9)15/h4,6-9,11,13,15,18H,3H2,1-2H3,(H,12,14)(H,16,17)/t4-,6-,7+,8+,9+,11-/m0/s1. The summed E-state index contributed by atoms with van der Waals surface area (Å²) in [5, 5.41) is 40.0. The van der Waals surface area contributed by atoms with Crippen LogP contribution in [0.25, 0.3) is 0 Å². The molecule has 9 heteroatoms. The topological polar surface area (TPSA) is 146 Å². The average Bonchev–Trinajstić information content (AvgIpc) is 2.36. The number of rotatable bonds is 5. The molecule has 0 radical (unpaired) electrons. The van der Waals surface area contributed by atoms with Gasteiger partial charge in [0, 0.05) is 6.92 Å². The minimum Gasteiger partial charge on any atom is -0.479 e. The lowest BCUT2D eigenvalue weighted by molar-refractivity contribution is -0.267. The highest BCUT2D eigenvalue weighted by atomic mass is 16.6. The summed E-state index contributed by atoms with van der Waals surface area (Å²) in [5.41, 5.74) is 0. The van der Waals surface area contributed by atoms with Crippen molar-refractivity contribution in [3.8, 4) is 0 Å². The van der Waals surface area contributed by atoms with Crippen LogP contribution >= 0.6 is 0 Å². The van der Waals surface area contributed by atoms with E-state index in [0.717, 1.165) is 0 Å². The van der Waals surface area contributed by atoms with Crippen molar-refractivity contribution in [2.75, 3.05) is 6.61 Å². The summed E-state index contributed by atoms with van der Waals surface area (Å²) in [6, 6.07) is -1.15. The number of aliphatic carboxylic acids is 1. The summed E-state index contributed by atoms with van der Waals surface area (Å²) in [4.78, 5) is 21.9. The van der Waals surface area contributed by atoms with Crippen molar-refractivity contribution in [3.63, 3.8) is 0 Å². The minimum atomic E-state index is -1.54. The molecule has 0 bridgehead atoms. The third-order valence-corrected chi connectivity index (χ3v) is 2.95. The Bertz CT molecular complexity index is 362. The fourth-order valence-corrected chi connectivity index (χ4v) is 1.93. The number of carboxylic acids is 1. The largest absolute Gasteiger partial charge is 0.479 e. The third kappa shape index (κ3) is 3.87. The van der Waals surface area contributed by atoms with Crippen molar-refractivity contribution in [1.82, 2.24) is 5.32 Å². The maximum absolute atomic E-state index is 11.1. The summed E-state index contributed by atoms with van der Waals surface area (Å²) in [5.74, 6) is -1.77. The maximum Gasteiger partial charge on any atom is 0.332 e. The molecule has 9 nitrogen and oxygen atoms in total. The van der Waals surface area contributed by atoms with Crippen LogP contribution in [0.2, 0.25) is 0 Å². The lowest BCUT2D eigenvalue weighted by Crippen LogP contribution is -2.65. The first kappa shape index (κ1) is 16.8. The molecule has 1 amide bonds. The number of carboxylic acid groups (broad SMARTS) is 1. The molecule has 0 saturated carbocycles. The van der Waals surface area contributed by atoms with Crippen molar-refractivity contribution < 1.29 is 39.5 Å². The van der Waals surface area contributed by atoms with Gasteiger partial charge in [0.15, 0.2) is 12.4 Å². The minimum absolute atomic E-state index is 0.510. The first-order valence-electron chi connectivity index (χ1n) is 6.05. The van der Waals surface area contributed by atoms with Crippen molar-refractivity contribution >= 4 is 11.9 Å². The lowest BCUT2D eigenvalue weighted by Gasteiger charge is -2.42. The molecule has 0 spiro atoms. The summed E-state index contributed by atoms with van der Waals surface area (Å²) < 4.78 is 10.1. The van der Waals surface area contributed by atoms with Crippen molar-refractivity contribution in [2.24, 2.45) is 0 Å². The number of nitrogens with one attached hydrogen (secondary N) is 1. The Balaban J connectivity index is 2.92. The molecule has 0 aromatic heterocycles. The van der Waals surface area contributed by atoms with E-state index in [4.69, 9.17) is 19.7 Å². The first-order valence-corrected chi connectivity index (χ1v) is 6.05. The Morgan fingerprint density at radius 3 is 2.45 bits per heavy atom. The normalized spacial score (nSPS) is 35.4. The van der Waals surface area contributed by atoms with E-state index in [9.17, 15) is 19.8 Å². The van der Waals surface area contributed by atoms with Crippen molar-refractivity contribution in [3.05, 3.63) is 0 Å². The zero-order chi connectivity index (χ0) is 15.4. The van der Waals surface area contributed by atoms with Crippen LogP contribution < -0.4 is 5.32 Å². The second-order valence-electron chi connectivity index (χ2n) is 4.55. The molecule has 6 atom stereocenters. The fraction of sp³-hybridized carbons (Fsp3) is 0.818. The molecule has 0 aromatic rings. The molecule has 1 rings (SSSR count). The Morgan fingerprint density at radius 1 is 1.40 bits per heavy atom. The number of carbonyl (C=O) groups excluding carboxylic acids is 1. The van der Waals surface area contributed by atoms with Gasteiger partial charge in [-0.2, -0.15) is 0 Å². The van der Waals surface area contributed by atoms with Gasteiger partial charge in [0.2, 0.25) is 5.91 Å². The molecular weight excluding hydrogens is 274 g/mol. The highest BCUT2D eigenvalue weighted by molar-refractivity contribution is 5.73. The van der Waals surface area contributed by atoms with E-state index in [1.807, 2.05) is 0 Å². The smallest absolute Gasteiger partial charge is 0.332 e. The van der Waals surface area contributed by atoms with E-state index in [1.165, 1.54) is 13.8 Å². The third-order valence-electron chi connectivity index (χ3n) is 2.95. The second-order valence-corrected chi connectivity index (χ2v) is 4.55. The predicted molar refractivity (Wildman–Crippen MR) is 63.5 cm³/mol. The molecule has 1 aliphatic heterocycles. The van der Waals surface area contributed by atoms with Gasteiger partial charge in [0.05, 0.1) is 6.61 Å². The monoisotopic (exact) mass is 293 g/mol. The van der Waals surface area contributed by atoms with Gasteiger partial charge in [0.25, 0.3) is 0 Å². The molecular formula is C11H19NO8. The van der Waals surface area contributed by atoms with Crippen molar-refractivity contribution in [1.29, 1.82) is 0 Å². The van der Waals surface area contributed by atoms with E-state index >= 15 is 0 Å². The Labute approximate surface area is 115 Å². The Hall–Kier alpha value is -1.26. The number of amides is 1. The molecule has 116 valence electrons. The van der Waals surface area contributed by atoms with Gasteiger partial charge in [-0.15, -0.1) is 0 Å².